The van der Waals surface area contributed by atoms with Crippen LogP contribution < -0.4 is 10.6 Å². The van der Waals surface area contributed by atoms with E-state index in [-0.39, 0.29) is 0 Å². The summed E-state index contributed by atoms with van der Waals surface area (Å²) in [5.41, 5.74) is 1.28. The average molecular weight is 207 g/mol. The highest BCUT2D eigenvalue weighted by molar-refractivity contribution is 5.07. The normalized spacial score (nSPS) is 23.9. The summed E-state index contributed by atoms with van der Waals surface area (Å²) < 4.78 is 0. The molecule has 2 atom stereocenters. The van der Waals surface area contributed by atoms with Crippen molar-refractivity contribution in [1.82, 2.24) is 15.6 Å². The fourth-order valence-corrected chi connectivity index (χ4v) is 2.17. The molecule has 3 N–H and O–H groups in total. The van der Waals surface area contributed by atoms with Crippen molar-refractivity contribution in [2.75, 3.05) is 19.6 Å². The van der Waals surface area contributed by atoms with E-state index in [1.807, 2.05) is 6.20 Å². The quantitative estimate of drug-likeness (QED) is 0.703. The summed E-state index contributed by atoms with van der Waals surface area (Å²) >= 11 is 0. The zero-order valence-electron chi connectivity index (χ0n) is 9.42. The number of hydrogen-bond acceptors (Lipinski definition) is 2. The van der Waals surface area contributed by atoms with Crippen LogP contribution in [-0.4, -0.2) is 24.6 Å². The summed E-state index contributed by atoms with van der Waals surface area (Å²) in [6, 6.07) is 4.62. The first kappa shape index (κ1) is 10.7. The van der Waals surface area contributed by atoms with E-state index in [4.69, 9.17) is 0 Å². The van der Waals surface area contributed by atoms with Gasteiger partial charge in [0.15, 0.2) is 0 Å². The third kappa shape index (κ3) is 3.08. The zero-order valence-corrected chi connectivity index (χ0v) is 9.42. The van der Waals surface area contributed by atoms with Gasteiger partial charge in [0, 0.05) is 17.9 Å². The van der Waals surface area contributed by atoms with E-state index in [2.05, 4.69) is 34.7 Å². The second kappa shape index (κ2) is 5.33. The lowest BCUT2D eigenvalue weighted by molar-refractivity contribution is 0.347. The van der Waals surface area contributed by atoms with Crippen LogP contribution in [0.2, 0.25) is 0 Å². The van der Waals surface area contributed by atoms with Gasteiger partial charge in [0.2, 0.25) is 0 Å². The van der Waals surface area contributed by atoms with Crippen LogP contribution in [0.15, 0.2) is 18.3 Å². The molecule has 0 spiro atoms. The van der Waals surface area contributed by atoms with E-state index < -0.39 is 0 Å². The minimum Gasteiger partial charge on any atom is -0.364 e. The Kier molecular flexibility index (Phi) is 3.80. The van der Waals surface area contributed by atoms with Crippen molar-refractivity contribution >= 4 is 0 Å². The number of H-pyrrole nitrogens is 1. The zero-order chi connectivity index (χ0) is 10.5. The van der Waals surface area contributed by atoms with Gasteiger partial charge >= 0.3 is 0 Å². The van der Waals surface area contributed by atoms with Gasteiger partial charge in [0.05, 0.1) is 0 Å². The molecule has 0 unspecified atom stereocenters. The van der Waals surface area contributed by atoms with Gasteiger partial charge in [-0.05, 0) is 57.5 Å². The van der Waals surface area contributed by atoms with Crippen molar-refractivity contribution < 1.29 is 0 Å². The molecule has 2 rings (SSSR count). The van der Waals surface area contributed by atoms with Crippen molar-refractivity contribution in [2.24, 2.45) is 5.92 Å². The van der Waals surface area contributed by atoms with E-state index in [9.17, 15) is 0 Å². The van der Waals surface area contributed by atoms with Gasteiger partial charge in [-0.2, -0.15) is 0 Å². The van der Waals surface area contributed by atoms with Gasteiger partial charge in [-0.15, -0.1) is 0 Å². The second-order valence-corrected chi connectivity index (χ2v) is 4.47. The topological polar surface area (TPSA) is 39.8 Å². The number of aromatic nitrogens is 1. The van der Waals surface area contributed by atoms with Crippen LogP contribution in [0, 0.1) is 5.92 Å². The lowest BCUT2D eigenvalue weighted by atomic mass is 9.99. The monoisotopic (exact) mass is 207 g/mol. The highest BCUT2D eigenvalue weighted by atomic mass is 15.0. The van der Waals surface area contributed by atoms with E-state index in [0.29, 0.717) is 6.04 Å². The first-order valence-electron chi connectivity index (χ1n) is 5.93. The van der Waals surface area contributed by atoms with Crippen LogP contribution in [0.4, 0.5) is 0 Å². The number of nitrogens with one attached hydrogen (secondary N) is 3. The average Bonchev–Trinajstić information content (AvgIpc) is 2.81. The molecule has 1 fully saturated rings. The molecule has 3 nitrogen and oxygen atoms in total. The highest BCUT2D eigenvalue weighted by Crippen LogP contribution is 2.12. The summed E-state index contributed by atoms with van der Waals surface area (Å²) in [5.74, 6) is 0.802. The molecule has 1 aromatic rings. The molecule has 2 heterocycles. The molecule has 0 aliphatic carbocycles. The molecular formula is C12H21N3. The summed E-state index contributed by atoms with van der Waals surface area (Å²) in [7, 11) is 0. The SMILES string of the molecule is C[C@@H](NC[C@@H]1CCCNC1)c1ccc[nH]1. The fourth-order valence-electron chi connectivity index (χ4n) is 2.17. The number of aromatic amines is 1. The van der Waals surface area contributed by atoms with E-state index in [1.54, 1.807) is 0 Å². The van der Waals surface area contributed by atoms with E-state index in [0.717, 1.165) is 12.5 Å². The third-order valence-electron chi connectivity index (χ3n) is 3.20. The fraction of sp³-hybridized carbons (Fsp3) is 0.667. The maximum absolute atomic E-state index is 3.58. The summed E-state index contributed by atoms with van der Waals surface area (Å²) in [6.07, 6.45) is 4.66. The molecule has 1 aromatic heterocycles. The predicted molar refractivity (Wildman–Crippen MR) is 62.8 cm³/mol. The van der Waals surface area contributed by atoms with Crippen molar-refractivity contribution in [3.05, 3.63) is 24.0 Å². The molecule has 84 valence electrons. The number of rotatable bonds is 4. The van der Waals surface area contributed by atoms with Gasteiger partial charge < -0.3 is 15.6 Å². The van der Waals surface area contributed by atoms with Crippen molar-refractivity contribution in [3.63, 3.8) is 0 Å². The standard InChI is InChI=1S/C12H21N3/c1-10(12-5-3-7-14-12)15-9-11-4-2-6-13-8-11/h3,5,7,10-11,13-15H,2,4,6,8-9H2,1H3/t10-,11-/m1/s1. The van der Waals surface area contributed by atoms with Gasteiger partial charge in [0.25, 0.3) is 0 Å². The maximum atomic E-state index is 3.58. The summed E-state index contributed by atoms with van der Waals surface area (Å²) in [5, 5.41) is 7.03. The van der Waals surface area contributed by atoms with Crippen LogP contribution in [-0.2, 0) is 0 Å². The molecule has 0 amide bonds. The second-order valence-electron chi connectivity index (χ2n) is 4.47. The van der Waals surface area contributed by atoms with Crippen LogP contribution in [0.5, 0.6) is 0 Å². The molecule has 3 heteroatoms. The lowest BCUT2D eigenvalue weighted by Gasteiger charge is -2.24. The summed E-state index contributed by atoms with van der Waals surface area (Å²) in [4.78, 5) is 3.25. The lowest BCUT2D eigenvalue weighted by Crippen LogP contribution is -2.36. The largest absolute Gasteiger partial charge is 0.364 e. The Morgan fingerprint density at radius 1 is 1.60 bits per heavy atom. The molecule has 0 radical (unpaired) electrons. The third-order valence-corrected chi connectivity index (χ3v) is 3.20. The van der Waals surface area contributed by atoms with Gasteiger partial charge in [-0.3, -0.25) is 0 Å². The van der Waals surface area contributed by atoms with Gasteiger partial charge in [-0.1, -0.05) is 0 Å². The molecule has 1 saturated heterocycles. The first-order valence-corrected chi connectivity index (χ1v) is 5.93. The smallest absolute Gasteiger partial charge is 0.0444 e. The Morgan fingerprint density at radius 2 is 2.53 bits per heavy atom. The molecule has 1 aliphatic heterocycles. The number of hydrogen-bond donors (Lipinski definition) is 3. The molecule has 0 bridgehead atoms. The minimum absolute atomic E-state index is 0.432. The predicted octanol–water partition coefficient (Wildman–Crippen LogP) is 1.66. The van der Waals surface area contributed by atoms with Crippen LogP contribution in [0.1, 0.15) is 31.5 Å². The Morgan fingerprint density at radius 3 is 3.20 bits per heavy atom. The molecule has 15 heavy (non-hydrogen) atoms. The van der Waals surface area contributed by atoms with Crippen LogP contribution in [0.25, 0.3) is 0 Å². The van der Waals surface area contributed by atoms with E-state index in [1.165, 1.54) is 31.6 Å². The van der Waals surface area contributed by atoms with Crippen molar-refractivity contribution in [3.8, 4) is 0 Å². The first-order chi connectivity index (χ1) is 7.36. The van der Waals surface area contributed by atoms with E-state index >= 15 is 0 Å². The summed E-state index contributed by atoms with van der Waals surface area (Å²) in [6.45, 7) is 5.70. The Labute approximate surface area is 91.7 Å². The Hall–Kier alpha value is -0.800. The Bertz CT molecular complexity index is 262. The minimum atomic E-state index is 0.432. The molecule has 1 aliphatic rings. The van der Waals surface area contributed by atoms with Crippen LogP contribution in [0.3, 0.4) is 0 Å². The molecule has 0 aromatic carbocycles. The molecule has 0 saturated carbocycles. The molecular weight excluding hydrogens is 186 g/mol. The van der Waals surface area contributed by atoms with Gasteiger partial charge in [-0.25, -0.2) is 0 Å². The number of piperidine rings is 1. The van der Waals surface area contributed by atoms with Crippen LogP contribution >= 0.6 is 0 Å². The van der Waals surface area contributed by atoms with Crippen molar-refractivity contribution in [1.29, 1.82) is 0 Å². The van der Waals surface area contributed by atoms with Crippen molar-refractivity contribution in [2.45, 2.75) is 25.8 Å². The Balaban J connectivity index is 1.73. The maximum Gasteiger partial charge on any atom is 0.0444 e. The van der Waals surface area contributed by atoms with Gasteiger partial charge in [0.1, 0.15) is 0 Å². The highest BCUT2D eigenvalue weighted by Gasteiger charge is 2.14.